The van der Waals surface area contributed by atoms with Crippen LogP contribution in [0.15, 0.2) is 54.6 Å². The van der Waals surface area contributed by atoms with Crippen LogP contribution in [0, 0.1) is 0 Å². The molecule has 0 radical (unpaired) electrons. The molecule has 0 spiro atoms. The summed E-state index contributed by atoms with van der Waals surface area (Å²) in [5.74, 6) is -2.40. The molecule has 1 heterocycles. The van der Waals surface area contributed by atoms with Gasteiger partial charge in [-0.25, -0.2) is 0 Å². The number of aromatic amines is 1. The third-order valence-corrected chi connectivity index (χ3v) is 4.53. The number of aromatic nitrogens is 4. The lowest BCUT2D eigenvalue weighted by molar-refractivity contribution is -0.149. The summed E-state index contributed by atoms with van der Waals surface area (Å²) in [5, 5.41) is 13.1. The maximum Gasteiger partial charge on any atom is 0.322 e. The predicted molar refractivity (Wildman–Crippen MR) is 91.3 cm³/mol. The topological polar surface area (TPSA) is 97.8 Å². The van der Waals surface area contributed by atoms with E-state index in [1.54, 1.807) is 24.3 Å². The fourth-order valence-electron chi connectivity index (χ4n) is 3.28. The second-order valence-electron chi connectivity index (χ2n) is 6.11. The van der Waals surface area contributed by atoms with Crippen LogP contribution in [-0.2, 0) is 16.0 Å². The first-order valence-corrected chi connectivity index (χ1v) is 8.35. The van der Waals surface area contributed by atoms with Crippen molar-refractivity contribution in [1.82, 2.24) is 20.6 Å². The van der Waals surface area contributed by atoms with Gasteiger partial charge in [-0.3, -0.25) is 9.59 Å². The van der Waals surface area contributed by atoms with E-state index in [9.17, 15) is 9.59 Å². The number of ether oxygens (including phenoxy) is 1. The molecule has 2 unspecified atom stereocenters. The average Bonchev–Trinajstić information content (AvgIpc) is 3.33. The molecule has 0 saturated carbocycles. The number of ketones is 1. The number of aryl methyl sites for hydroxylation is 1. The molecule has 3 aromatic rings. The van der Waals surface area contributed by atoms with Gasteiger partial charge in [0.05, 0.1) is 0 Å². The number of rotatable bonds is 5. The van der Waals surface area contributed by atoms with Gasteiger partial charge in [0.1, 0.15) is 12.0 Å². The number of nitrogens with one attached hydrogen (secondary N) is 1. The number of carbonyl (C=O) groups is 2. The predicted octanol–water partition coefficient (Wildman–Crippen LogP) is 2.40. The van der Waals surface area contributed by atoms with E-state index in [0.717, 1.165) is 12.0 Å². The van der Waals surface area contributed by atoms with Crippen molar-refractivity contribution in [3.8, 4) is 0 Å². The van der Waals surface area contributed by atoms with E-state index in [-0.39, 0.29) is 11.9 Å². The summed E-state index contributed by atoms with van der Waals surface area (Å²) in [6, 6.07) is 16.7. The normalized spacial score (nSPS) is 16.7. The highest BCUT2D eigenvalue weighted by Gasteiger charge is 2.36. The second kappa shape index (κ2) is 6.87. The fraction of sp³-hybridized carbons (Fsp3) is 0.211. The third-order valence-electron chi connectivity index (χ3n) is 4.53. The molecule has 0 aliphatic heterocycles. The minimum Gasteiger partial charge on any atom is -0.457 e. The highest BCUT2D eigenvalue weighted by molar-refractivity contribution is 6.11. The van der Waals surface area contributed by atoms with Crippen LogP contribution < -0.4 is 0 Å². The molecule has 2 atom stereocenters. The lowest BCUT2D eigenvalue weighted by Gasteiger charge is -2.18. The summed E-state index contributed by atoms with van der Waals surface area (Å²) >= 11 is 0. The van der Waals surface area contributed by atoms with Crippen molar-refractivity contribution in [2.24, 2.45) is 0 Å². The number of Topliss-reactive ketones (excluding diaryl/α,β-unsaturated/α-hetero) is 1. The largest absolute Gasteiger partial charge is 0.457 e. The maximum absolute atomic E-state index is 12.9. The SMILES string of the molecule is O=C(OC1CCc2ccccc21)C(C(=O)c1nn[nH]n1)c1ccccc1. The summed E-state index contributed by atoms with van der Waals surface area (Å²) in [7, 11) is 0. The Morgan fingerprint density at radius 3 is 2.62 bits per heavy atom. The average molecular weight is 348 g/mol. The smallest absolute Gasteiger partial charge is 0.322 e. The van der Waals surface area contributed by atoms with Gasteiger partial charge in [-0.05, 0) is 34.7 Å². The van der Waals surface area contributed by atoms with Crippen molar-refractivity contribution >= 4 is 11.8 Å². The van der Waals surface area contributed by atoms with Gasteiger partial charge in [-0.2, -0.15) is 5.21 Å². The highest BCUT2D eigenvalue weighted by Crippen LogP contribution is 2.35. The van der Waals surface area contributed by atoms with Gasteiger partial charge in [-0.15, -0.1) is 10.2 Å². The van der Waals surface area contributed by atoms with E-state index in [0.29, 0.717) is 12.0 Å². The van der Waals surface area contributed by atoms with Crippen LogP contribution in [0.1, 0.15) is 45.8 Å². The molecule has 0 fully saturated rings. The van der Waals surface area contributed by atoms with Crippen LogP contribution in [0.2, 0.25) is 0 Å². The van der Waals surface area contributed by atoms with E-state index in [1.807, 2.05) is 30.3 Å². The van der Waals surface area contributed by atoms with Gasteiger partial charge in [-0.1, -0.05) is 54.6 Å². The van der Waals surface area contributed by atoms with Crippen LogP contribution in [0.4, 0.5) is 0 Å². The Morgan fingerprint density at radius 2 is 1.85 bits per heavy atom. The number of hydrogen-bond acceptors (Lipinski definition) is 6. The molecule has 1 aliphatic carbocycles. The van der Waals surface area contributed by atoms with Crippen molar-refractivity contribution in [2.75, 3.05) is 0 Å². The van der Waals surface area contributed by atoms with Crippen LogP contribution in [0.5, 0.6) is 0 Å². The Hall–Kier alpha value is -3.35. The summed E-state index contributed by atoms with van der Waals surface area (Å²) in [4.78, 5) is 25.7. The number of fused-ring (bicyclic) bond motifs is 1. The molecule has 1 N–H and O–H groups in total. The number of esters is 1. The summed E-state index contributed by atoms with van der Waals surface area (Å²) < 4.78 is 5.73. The molecule has 130 valence electrons. The van der Waals surface area contributed by atoms with Crippen LogP contribution in [0.25, 0.3) is 0 Å². The van der Waals surface area contributed by atoms with Gasteiger partial charge in [0.15, 0.2) is 0 Å². The van der Waals surface area contributed by atoms with E-state index < -0.39 is 17.7 Å². The number of nitrogens with zero attached hydrogens (tertiary/aromatic N) is 3. The zero-order valence-electron chi connectivity index (χ0n) is 13.8. The molecule has 0 saturated heterocycles. The molecular formula is C19H16N4O3. The first kappa shape index (κ1) is 16.1. The summed E-state index contributed by atoms with van der Waals surface area (Å²) in [6.45, 7) is 0. The molecule has 0 amide bonds. The first-order valence-electron chi connectivity index (χ1n) is 8.35. The van der Waals surface area contributed by atoms with Crippen molar-refractivity contribution in [1.29, 1.82) is 0 Å². The number of carbonyl (C=O) groups excluding carboxylic acids is 2. The van der Waals surface area contributed by atoms with Crippen LogP contribution in [0.3, 0.4) is 0 Å². The molecule has 26 heavy (non-hydrogen) atoms. The number of benzene rings is 2. The van der Waals surface area contributed by atoms with Gasteiger partial charge in [0.2, 0.25) is 11.6 Å². The zero-order valence-corrected chi connectivity index (χ0v) is 13.8. The number of H-pyrrole nitrogens is 1. The lowest BCUT2D eigenvalue weighted by atomic mass is 9.94. The standard InChI is InChI=1S/C19H16N4O3/c24-17(18-20-22-23-21-18)16(13-7-2-1-3-8-13)19(25)26-15-11-10-12-6-4-5-9-14(12)15/h1-9,15-16H,10-11H2,(H,20,21,22,23). The van der Waals surface area contributed by atoms with Crippen molar-refractivity contribution in [2.45, 2.75) is 24.9 Å². The highest BCUT2D eigenvalue weighted by atomic mass is 16.5. The van der Waals surface area contributed by atoms with E-state index >= 15 is 0 Å². The van der Waals surface area contributed by atoms with E-state index in [2.05, 4.69) is 20.6 Å². The van der Waals surface area contributed by atoms with E-state index in [4.69, 9.17) is 4.74 Å². The van der Waals surface area contributed by atoms with E-state index in [1.165, 1.54) is 5.56 Å². The minimum absolute atomic E-state index is 0.136. The monoisotopic (exact) mass is 348 g/mol. The Morgan fingerprint density at radius 1 is 1.08 bits per heavy atom. The van der Waals surface area contributed by atoms with Crippen LogP contribution in [-0.4, -0.2) is 32.4 Å². The zero-order chi connectivity index (χ0) is 17.9. The Labute approximate surface area is 149 Å². The third kappa shape index (κ3) is 2.99. The molecule has 1 aromatic heterocycles. The van der Waals surface area contributed by atoms with Crippen molar-refractivity contribution < 1.29 is 14.3 Å². The van der Waals surface area contributed by atoms with Gasteiger partial charge in [0.25, 0.3) is 0 Å². The molecule has 0 bridgehead atoms. The molecule has 7 nitrogen and oxygen atoms in total. The van der Waals surface area contributed by atoms with Gasteiger partial charge < -0.3 is 4.74 Å². The van der Waals surface area contributed by atoms with Crippen molar-refractivity contribution in [3.63, 3.8) is 0 Å². The van der Waals surface area contributed by atoms with Crippen molar-refractivity contribution in [3.05, 3.63) is 77.1 Å². The molecule has 2 aromatic carbocycles. The van der Waals surface area contributed by atoms with Gasteiger partial charge in [0, 0.05) is 0 Å². The number of tetrazole rings is 1. The molecule has 1 aliphatic rings. The first-order chi connectivity index (χ1) is 12.7. The Bertz CT molecular complexity index is 925. The van der Waals surface area contributed by atoms with Crippen LogP contribution >= 0.6 is 0 Å². The summed E-state index contributed by atoms with van der Waals surface area (Å²) in [6.07, 6.45) is 1.22. The molecule has 7 heteroatoms. The van der Waals surface area contributed by atoms with Gasteiger partial charge >= 0.3 is 5.97 Å². The molecular weight excluding hydrogens is 332 g/mol. The molecule has 4 rings (SSSR count). The number of hydrogen-bond donors (Lipinski definition) is 1. The summed E-state index contributed by atoms with van der Waals surface area (Å²) in [5.41, 5.74) is 2.71. The Balaban J connectivity index is 1.62. The minimum atomic E-state index is -1.12. The fourth-order valence-corrected chi connectivity index (χ4v) is 3.28. The maximum atomic E-state index is 12.9. The second-order valence-corrected chi connectivity index (χ2v) is 6.11. The lowest BCUT2D eigenvalue weighted by Crippen LogP contribution is -2.26. The quantitative estimate of drug-likeness (QED) is 0.432. The Kier molecular flexibility index (Phi) is 4.27.